The van der Waals surface area contributed by atoms with E-state index < -0.39 is 0 Å². The second-order valence-corrected chi connectivity index (χ2v) is 4.59. The van der Waals surface area contributed by atoms with Gasteiger partial charge in [0.1, 0.15) is 23.2 Å². The number of furan rings is 1. The van der Waals surface area contributed by atoms with Crippen LogP contribution in [0.2, 0.25) is 0 Å². The van der Waals surface area contributed by atoms with E-state index in [0.29, 0.717) is 17.9 Å². The molecule has 0 aliphatic carbocycles. The largest absolute Gasteiger partial charge is 0.464 e. The second kappa shape index (κ2) is 5.11. The Labute approximate surface area is 112 Å². The first-order valence-electron chi connectivity index (χ1n) is 6.03. The van der Waals surface area contributed by atoms with Gasteiger partial charge in [0.25, 0.3) is 0 Å². The van der Waals surface area contributed by atoms with Crippen molar-refractivity contribution in [1.29, 1.82) is 5.26 Å². The molecule has 2 aromatic rings. The number of aryl methyl sites for hydroxylation is 2. The maximum Gasteiger partial charge on any atom is 0.169 e. The van der Waals surface area contributed by atoms with Gasteiger partial charge in [-0.1, -0.05) is 0 Å². The zero-order valence-electron chi connectivity index (χ0n) is 11.6. The molecule has 2 heterocycles. The SMILES string of the molecule is Cc1ccc(CN(C)c2nnc(C)c(C)c2C#N)o1. The van der Waals surface area contributed by atoms with Crippen LogP contribution in [0, 0.1) is 32.1 Å². The Hall–Kier alpha value is -2.35. The molecule has 5 heteroatoms. The Bertz CT molecular complexity index is 639. The number of nitrogens with zero attached hydrogens (tertiary/aromatic N) is 4. The average molecular weight is 256 g/mol. The number of rotatable bonds is 3. The van der Waals surface area contributed by atoms with Gasteiger partial charge in [0.05, 0.1) is 12.2 Å². The van der Waals surface area contributed by atoms with Crippen molar-refractivity contribution in [2.24, 2.45) is 0 Å². The summed E-state index contributed by atoms with van der Waals surface area (Å²) >= 11 is 0. The Morgan fingerprint density at radius 2 is 2.00 bits per heavy atom. The quantitative estimate of drug-likeness (QED) is 0.844. The van der Waals surface area contributed by atoms with Crippen molar-refractivity contribution in [3.8, 4) is 6.07 Å². The second-order valence-electron chi connectivity index (χ2n) is 4.59. The summed E-state index contributed by atoms with van der Waals surface area (Å²) in [6, 6.07) is 6.04. The van der Waals surface area contributed by atoms with Crippen LogP contribution < -0.4 is 4.90 Å². The van der Waals surface area contributed by atoms with Gasteiger partial charge in [-0.05, 0) is 38.5 Å². The lowest BCUT2D eigenvalue weighted by atomic mass is 10.1. The molecule has 2 aromatic heterocycles. The maximum absolute atomic E-state index is 9.27. The van der Waals surface area contributed by atoms with Crippen LogP contribution in [0.4, 0.5) is 5.82 Å². The average Bonchev–Trinajstić information content (AvgIpc) is 2.77. The topological polar surface area (TPSA) is 66.0 Å². The molecule has 0 atom stereocenters. The summed E-state index contributed by atoms with van der Waals surface area (Å²) in [6.45, 7) is 6.19. The zero-order chi connectivity index (χ0) is 14.0. The molecule has 0 aliphatic rings. The summed E-state index contributed by atoms with van der Waals surface area (Å²) in [5.74, 6) is 2.29. The normalized spacial score (nSPS) is 10.3. The Kier molecular flexibility index (Phi) is 3.52. The van der Waals surface area contributed by atoms with Gasteiger partial charge in [-0.2, -0.15) is 10.4 Å². The minimum absolute atomic E-state index is 0.555. The highest BCUT2D eigenvalue weighted by Crippen LogP contribution is 2.22. The molecule has 0 aromatic carbocycles. The highest BCUT2D eigenvalue weighted by molar-refractivity contribution is 5.57. The monoisotopic (exact) mass is 256 g/mol. The molecule has 0 aliphatic heterocycles. The van der Waals surface area contributed by atoms with E-state index in [2.05, 4.69) is 16.3 Å². The maximum atomic E-state index is 9.27. The van der Waals surface area contributed by atoms with Crippen LogP contribution in [0.25, 0.3) is 0 Å². The van der Waals surface area contributed by atoms with Gasteiger partial charge < -0.3 is 9.32 Å². The van der Waals surface area contributed by atoms with Gasteiger partial charge in [0, 0.05) is 7.05 Å². The minimum Gasteiger partial charge on any atom is -0.464 e. The van der Waals surface area contributed by atoms with E-state index >= 15 is 0 Å². The predicted octanol–water partition coefficient (Wildman–Crippen LogP) is 2.50. The Morgan fingerprint density at radius 3 is 2.58 bits per heavy atom. The fourth-order valence-electron chi connectivity index (χ4n) is 1.88. The molecule has 98 valence electrons. The van der Waals surface area contributed by atoms with Crippen LogP contribution in [0.15, 0.2) is 16.5 Å². The van der Waals surface area contributed by atoms with Crippen LogP contribution in [-0.2, 0) is 6.54 Å². The fourth-order valence-corrected chi connectivity index (χ4v) is 1.88. The van der Waals surface area contributed by atoms with E-state index in [4.69, 9.17) is 4.42 Å². The van der Waals surface area contributed by atoms with Gasteiger partial charge in [-0.3, -0.25) is 0 Å². The summed E-state index contributed by atoms with van der Waals surface area (Å²) in [4.78, 5) is 1.87. The molecular weight excluding hydrogens is 240 g/mol. The minimum atomic E-state index is 0.555. The van der Waals surface area contributed by atoms with Crippen molar-refractivity contribution in [1.82, 2.24) is 10.2 Å². The molecule has 0 N–H and O–H groups in total. The summed E-state index contributed by atoms with van der Waals surface area (Å²) < 4.78 is 5.53. The van der Waals surface area contributed by atoms with Gasteiger partial charge in [0.2, 0.25) is 0 Å². The number of aromatic nitrogens is 2. The van der Waals surface area contributed by atoms with Crippen LogP contribution in [-0.4, -0.2) is 17.2 Å². The van der Waals surface area contributed by atoms with Crippen LogP contribution in [0.5, 0.6) is 0 Å². The first-order chi connectivity index (χ1) is 9.02. The number of hydrogen-bond donors (Lipinski definition) is 0. The molecular formula is C14H16N4O. The van der Waals surface area contributed by atoms with Gasteiger partial charge in [-0.25, -0.2) is 0 Å². The lowest BCUT2D eigenvalue weighted by Crippen LogP contribution is -2.20. The van der Waals surface area contributed by atoms with E-state index in [1.165, 1.54) is 0 Å². The summed E-state index contributed by atoms with van der Waals surface area (Å²) in [5, 5.41) is 17.5. The third-order valence-electron chi connectivity index (χ3n) is 3.10. The number of nitriles is 1. The Morgan fingerprint density at radius 1 is 1.26 bits per heavy atom. The summed E-state index contributed by atoms with van der Waals surface area (Å²) in [6.07, 6.45) is 0. The lowest BCUT2D eigenvalue weighted by Gasteiger charge is -2.18. The highest BCUT2D eigenvalue weighted by Gasteiger charge is 2.15. The van der Waals surface area contributed by atoms with Crippen molar-refractivity contribution in [3.63, 3.8) is 0 Å². The van der Waals surface area contributed by atoms with Crippen LogP contribution in [0.1, 0.15) is 28.3 Å². The fraction of sp³-hybridized carbons (Fsp3) is 0.357. The van der Waals surface area contributed by atoms with Crippen molar-refractivity contribution in [2.45, 2.75) is 27.3 Å². The van der Waals surface area contributed by atoms with E-state index in [1.54, 1.807) is 0 Å². The molecule has 0 unspecified atom stereocenters. The molecule has 0 radical (unpaired) electrons. The first kappa shape index (κ1) is 13.1. The zero-order valence-corrected chi connectivity index (χ0v) is 11.6. The molecule has 19 heavy (non-hydrogen) atoms. The predicted molar refractivity (Wildman–Crippen MR) is 71.8 cm³/mol. The summed E-state index contributed by atoms with van der Waals surface area (Å²) in [7, 11) is 1.87. The number of hydrogen-bond acceptors (Lipinski definition) is 5. The molecule has 0 saturated carbocycles. The molecule has 0 bridgehead atoms. The van der Waals surface area contributed by atoms with E-state index in [-0.39, 0.29) is 0 Å². The molecule has 0 spiro atoms. The highest BCUT2D eigenvalue weighted by atomic mass is 16.3. The van der Waals surface area contributed by atoms with Gasteiger partial charge >= 0.3 is 0 Å². The smallest absolute Gasteiger partial charge is 0.169 e. The van der Waals surface area contributed by atoms with Crippen LogP contribution >= 0.6 is 0 Å². The van der Waals surface area contributed by atoms with Gasteiger partial charge in [-0.15, -0.1) is 5.10 Å². The van der Waals surface area contributed by atoms with E-state index in [9.17, 15) is 5.26 Å². The number of anilines is 1. The Balaban J connectivity index is 2.32. The third-order valence-corrected chi connectivity index (χ3v) is 3.10. The molecule has 2 rings (SSSR count). The third kappa shape index (κ3) is 2.58. The van der Waals surface area contributed by atoms with Crippen molar-refractivity contribution in [3.05, 3.63) is 40.5 Å². The molecule has 0 saturated heterocycles. The van der Waals surface area contributed by atoms with E-state index in [1.807, 2.05) is 44.9 Å². The van der Waals surface area contributed by atoms with Crippen molar-refractivity contribution in [2.75, 3.05) is 11.9 Å². The molecule has 0 amide bonds. The van der Waals surface area contributed by atoms with Gasteiger partial charge in [0.15, 0.2) is 5.82 Å². The lowest BCUT2D eigenvalue weighted by molar-refractivity contribution is 0.481. The van der Waals surface area contributed by atoms with E-state index in [0.717, 1.165) is 22.8 Å². The van der Waals surface area contributed by atoms with Crippen LogP contribution in [0.3, 0.4) is 0 Å². The molecule has 5 nitrogen and oxygen atoms in total. The standard InChI is InChI=1S/C14H16N4O/c1-9-5-6-12(19-9)8-18(4)14-13(7-15)10(2)11(3)16-17-14/h5-6H,8H2,1-4H3. The molecule has 0 fully saturated rings. The summed E-state index contributed by atoms with van der Waals surface area (Å²) in [5.41, 5.74) is 2.22. The van der Waals surface area contributed by atoms with Crippen molar-refractivity contribution >= 4 is 5.82 Å². The first-order valence-corrected chi connectivity index (χ1v) is 6.03. The van der Waals surface area contributed by atoms with Crippen molar-refractivity contribution < 1.29 is 4.42 Å².